The van der Waals surface area contributed by atoms with Gasteiger partial charge < -0.3 is 0 Å². The molecular formula is C31H24F3N9O4S3. The highest BCUT2D eigenvalue weighted by atomic mass is 32.2. The predicted octanol–water partition coefficient (Wildman–Crippen LogP) is 5.93. The van der Waals surface area contributed by atoms with Crippen LogP contribution in [-0.2, 0) is 20.0 Å². The summed E-state index contributed by atoms with van der Waals surface area (Å²) in [7, 11) is -7.80. The highest BCUT2D eigenvalue weighted by molar-refractivity contribution is 8.00. The summed E-state index contributed by atoms with van der Waals surface area (Å²) >= 11 is -0.312. The fraction of sp³-hybridized carbons (Fsp3) is 0.0645. The molecule has 2 N–H and O–H groups in total. The number of rotatable bonds is 9. The third-order valence-corrected chi connectivity index (χ3v) is 9.89. The van der Waals surface area contributed by atoms with Crippen molar-refractivity contribution in [2.75, 3.05) is 9.44 Å². The smallest absolute Gasteiger partial charge is 0.263 e. The number of anilines is 2. The summed E-state index contributed by atoms with van der Waals surface area (Å²) in [5.74, 6) is 1.35. The van der Waals surface area contributed by atoms with Gasteiger partial charge in [-0.15, -0.1) is 0 Å². The number of aryl methyl sites for hydroxylation is 1. The number of halogens is 3. The average Bonchev–Trinajstić information content (AvgIpc) is 3.74. The van der Waals surface area contributed by atoms with Gasteiger partial charge in [0.2, 0.25) is 0 Å². The molecule has 0 amide bonds. The minimum atomic E-state index is -4.44. The molecule has 0 bridgehead atoms. The summed E-state index contributed by atoms with van der Waals surface area (Å²) in [5.41, 5.74) is -3.06. The number of aromatic nitrogens is 6. The maximum absolute atomic E-state index is 12.5. The van der Waals surface area contributed by atoms with Crippen molar-refractivity contribution in [2.45, 2.75) is 27.1 Å². The van der Waals surface area contributed by atoms with Gasteiger partial charge in [0.25, 0.3) is 20.0 Å². The van der Waals surface area contributed by atoms with E-state index in [1.165, 1.54) is 58.3 Å². The molecule has 4 heterocycles. The summed E-state index contributed by atoms with van der Waals surface area (Å²) in [4.78, 5) is 8.08. The number of benzene rings is 2. The average molecular weight is 740 g/mol. The number of alkyl halides is 3. The Bertz CT molecular complexity index is 2340. The fourth-order valence-electron chi connectivity index (χ4n) is 4.16. The molecule has 13 nitrogen and oxygen atoms in total. The Hall–Kier alpha value is -5.71. The summed E-state index contributed by atoms with van der Waals surface area (Å²) in [6.45, 7) is 1.91. The van der Waals surface area contributed by atoms with E-state index in [2.05, 4.69) is 29.6 Å². The Balaban J connectivity index is 0.000000195. The third kappa shape index (κ3) is 9.04. The van der Waals surface area contributed by atoms with E-state index in [4.69, 9.17) is 5.26 Å². The molecule has 4 aromatic heterocycles. The lowest BCUT2D eigenvalue weighted by atomic mass is 10.2. The Morgan fingerprint density at radius 2 is 1.24 bits per heavy atom. The Kier molecular flexibility index (Phi) is 10.5. The molecule has 256 valence electrons. The first kappa shape index (κ1) is 35.6. The zero-order chi connectivity index (χ0) is 35.9. The first-order valence-corrected chi connectivity index (χ1v) is 17.9. The van der Waals surface area contributed by atoms with Gasteiger partial charge in [-0.2, -0.15) is 38.0 Å². The maximum atomic E-state index is 12.5. The number of sulfonamides is 2. The highest BCUT2D eigenvalue weighted by Gasteiger charge is 2.29. The van der Waals surface area contributed by atoms with Crippen LogP contribution >= 0.6 is 11.8 Å². The van der Waals surface area contributed by atoms with Gasteiger partial charge in [-0.05, 0) is 97.0 Å². The lowest BCUT2D eigenvalue weighted by Gasteiger charge is -2.11. The lowest BCUT2D eigenvalue weighted by molar-refractivity contribution is -0.0328. The molecule has 6 aromatic rings. The van der Waals surface area contributed by atoms with Gasteiger partial charge in [0.05, 0.1) is 33.8 Å². The van der Waals surface area contributed by atoms with Crippen LogP contribution in [0, 0.1) is 18.3 Å². The van der Waals surface area contributed by atoms with Crippen molar-refractivity contribution in [1.82, 2.24) is 29.5 Å². The van der Waals surface area contributed by atoms with Crippen LogP contribution < -0.4 is 9.44 Å². The van der Waals surface area contributed by atoms with Crippen LogP contribution in [0.15, 0.2) is 130 Å². The lowest BCUT2D eigenvalue weighted by Crippen LogP contribution is -2.16. The molecule has 0 radical (unpaired) electrons. The van der Waals surface area contributed by atoms with E-state index in [1.54, 1.807) is 36.5 Å². The number of nitriles is 1. The van der Waals surface area contributed by atoms with Gasteiger partial charge in [0.15, 0.2) is 11.6 Å². The molecular weight excluding hydrogens is 716 g/mol. The van der Waals surface area contributed by atoms with E-state index in [1.807, 2.05) is 19.1 Å². The van der Waals surface area contributed by atoms with Crippen molar-refractivity contribution in [3.05, 3.63) is 127 Å². The van der Waals surface area contributed by atoms with Crippen LogP contribution in [0.25, 0.3) is 11.6 Å². The molecule has 0 spiro atoms. The molecule has 0 aliphatic rings. The molecule has 0 aliphatic carbocycles. The van der Waals surface area contributed by atoms with E-state index in [9.17, 15) is 30.0 Å². The minimum absolute atomic E-state index is 0.0615. The first-order valence-electron chi connectivity index (χ1n) is 14.1. The molecule has 6 rings (SSSR count). The van der Waals surface area contributed by atoms with Crippen molar-refractivity contribution in [3.63, 3.8) is 0 Å². The molecule has 19 heteroatoms. The Morgan fingerprint density at radius 3 is 1.74 bits per heavy atom. The monoisotopic (exact) mass is 739 g/mol. The number of hydrogen-bond donors (Lipinski definition) is 2. The van der Waals surface area contributed by atoms with Crippen molar-refractivity contribution >= 4 is 43.4 Å². The van der Waals surface area contributed by atoms with E-state index in [-0.39, 0.29) is 38.1 Å². The number of thioether (sulfide) groups is 1. The first-order chi connectivity index (χ1) is 23.7. The number of nitrogens with one attached hydrogen (secondary N) is 2. The number of pyridine rings is 2. The largest absolute Gasteiger partial charge is 0.446 e. The second-order valence-corrected chi connectivity index (χ2v) is 14.5. The molecule has 50 heavy (non-hydrogen) atoms. The zero-order valence-electron chi connectivity index (χ0n) is 25.6. The van der Waals surface area contributed by atoms with E-state index in [0.29, 0.717) is 17.2 Å². The number of nitrogens with zero attached hydrogens (tertiary/aromatic N) is 7. The standard InChI is InChI=1S/C16H13N5O2S.C15H11F3N4O2S2/c1-12-6-8-18-16(10-12)21-15(7-9-19-21)20-24(22,23)14-4-2-13(11-17)3-5-14;16-15(17,18)25-11-4-6-12(7-5-11)26(23,24)21-14-8-10-20-22(14)13-3-1-2-9-19-13/h2-10,20H,1H3;1-10,21H. The SMILES string of the molecule is Cc1ccnc(-n2nccc2NS(=O)(=O)c2ccc(C#N)cc2)c1.O=S(=O)(Nc1ccnn1-c1ccccn1)c1ccc(SC(F)(F)F)cc1. The molecule has 0 aliphatic heterocycles. The van der Waals surface area contributed by atoms with Crippen LogP contribution in [0.3, 0.4) is 0 Å². The molecule has 0 fully saturated rings. The molecule has 0 unspecified atom stereocenters. The Morgan fingerprint density at radius 1 is 0.700 bits per heavy atom. The molecule has 0 saturated heterocycles. The third-order valence-electron chi connectivity index (χ3n) is 6.41. The summed E-state index contributed by atoms with van der Waals surface area (Å²) in [6.07, 6.45) is 6.05. The van der Waals surface area contributed by atoms with Crippen LogP contribution in [0.4, 0.5) is 24.8 Å². The second kappa shape index (κ2) is 14.8. The second-order valence-electron chi connectivity index (χ2n) is 10.0. The topological polar surface area (TPSA) is 178 Å². The van der Waals surface area contributed by atoms with E-state index in [0.717, 1.165) is 29.8 Å². The fourth-order valence-corrected chi connectivity index (χ4v) is 6.79. The maximum Gasteiger partial charge on any atom is 0.446 e. The van der Waals surface area contributed by atoms with Crippen LogP contribution in [-0.4, -0.2) is 51.9 Å². The predicted molar refractivity (Wildman–Crippen MR) is 179 cm³/mol. The van der Waals surface area contributed by atoms with Crippen LogP contribution in [0.2, 0.25) is 0 Å². The van der Waals surface area contributed by atoms with E-state index < -0.39 is 25.6 Å². The van der Waals surface area contributed by atoms with Gasteiger partial charge in [-0.25, -0.2) is 26.8 Å². The van der Waals surface area contributed by atoms with Crippen molar-refractivity contribution in [2.24, 2.45) is 0 Å². The molecule has 0 saturated carbocycles. The molecule has 0 atom stereocenters. The van der Waals surface area contributed by atoms with E-state index >= 15 is 0 Å². The van der Waals surface area contributed by atoms with Gasteiger partial charge in [-0.1, -0.05) is 6.07 Å². The van der Waals surface area contributed by atoms with Gasteiger partial charge in [0, 0.05) is 29.4 Å². The van der Waals surface area contributed by atoms with Crippen molar-refractivity contribution in [1.29, 1.82) is 5.26 Å². The normalized spacial score (nSPS) is 11.6. The number of hydrogen-bond acceptors (Lipinski definition) is 10. The summed E-state index contributed by atoms with van der Waals surface area (Å²) < 4.78 is 94.5. The van der Waals surface area contributed by atoms with Gasteiger partial charge in [0.1, 0.15) is 11.6 Å². The summed E-state index contributed by atoms with van der Waals surface area (Å²) in [5, 5.41) is 16.9. The molecule has 2 aromatic carbocycles. The minimum Gasteiger partial charge on any atom is -0.263 e. The quantitative estimate of drug-likeness (QED) is 0.169. The zero-order valence-corrected chi connectivity index (χ0v) is 28.0. The van der Waals surface area contributed by atoms with Crippen LogP contribution in [0.1, 0.15) is 11.1 Å². The van der Waals surface area contributed by atoms with Crippen LogP contribution in [0.5, 0.6) is 0 Å². The van der Waals surface area contributed by atoms with Gasteiger partial charge >= 0.3 is 5.51 Å². The van der Waals surface area contributed by atoms with Crippen molar-refractivity contribution in [3.8, 4) is 17.7 Å². The van der Waals surface area contributed by atoms with Gasteiger partial charge in [-0.3, -0.25) is 9.44 Å². The highest BCUT2D eigenvalue weighted by Crippen LogP contribution is 2.37. The summed E-state index contributed by atoms with van der Waals surface area (Å²) in [6, 6.07) is 23.7. The van der Waals surface area contributed by atoms with Crippen molar-refractivity contribution < 1.29 is 30.0 Å². The Labute approximate surface area is 288 Å².